The Morgan fingerprint density at radius 3 is 3.00 bits per heavy atom. The lowest BCUT2D eigenvalue weighted by atomic mass is 10.1. The van der Waals surface area contributed by atoms with E-state index in [9.17, 15) is 4.79 Å². The van der Waals surface area contributed by atoms with Gasteiger partial charge in [0.05, 0.1) is 16.6 Å². The van der Waals surface area contributed by atoms with Crippen molar-refractivity contribution in [1.82, 2.24) is 9.97 Å². The van der Waals surface area contributed by atoms with Crippen molar-refractivity contribution in [2.24, 2.45) is 0 Å². The first kappa shape index (κ1) is 14.2. The predicted molar refractivity (Wildman–Crippen MR) is 85.7 cm³/mol. The van der Waals surface area contributed by atoms with Gasteiger partial charge in [0.1, 0.15) is 5.82 Å². The van der Waals surface area contributed by atoms with Crippen LogP contribution in [0.4, 0.5) is 0 Å². The first-order valence-electron chi connectivity index (χ1n) is 6.53. The molecule has 0 bridgehead atoms. The van der Waals surface area contributed by atoms with E-state index in [0.717, 1.165) is 16.6 Å². The number of hydrogen-bond acceptors (Lipinski definition) is 3. The second kappa shape index (κ2) is 5.92. The maximum Gasteiger partial charge on any atom is 0.339 e. The summed E-state index contributed by atoms with van der Waals surface area (Å²) in [5, 5.41) is 0.634. The van der Waals surface area contributed by atoms with Crippen LogP contribution in [0, 0.1) is 12.3 Å². The van der Waals surface area contributed by atoms with Crippen molar-refractivity contribution in [2.45, 2.75) is 0 Å². The van der Waals surface area contributed by atoms with Gasteiger partial charge in [0.15, 0.2) is 6.61 Å². The zero-order valence-corrected chi connectivity index (χ0v) is 12.2. The van der Waals surface area contributed by atoms with E-state index >= 15 is 0 Å². The fourth-order valence-corrected chi connectivity index (χ4v) is 2.27. The number of H-pyrrole nitrogens is 1. The topological polar surface area (TPSA) is 55.0 Å². The van der Waals surface area contributed by atoms with Gasteiger partial charge in [-0.2, -0.15) is 0 Å². The van der Waals surface area contributed by atoms with E-state index < -0.39 is 5.97 Å². The van der Waals surface area contributed by atoms with Gasteiger partial charge in [0, 0.05) is 10.6 Å². The SMILES string of the molecule is C#CCOC(=O)c1cccc(-c2nc3ccc(Cl)cc3[nH]2)c1. The molecule has 0 aliphatic carbocycles. The van der Waals surface area contributed by atoms with Crippen LogP contribution in [0.15, 0.2) is 42.5 Å². The Labute approximate surface area is 132 Å². The molecule has 108 valence electrons. The molecule has 0 aliphatic heterocycles. The summed E-state index contributed by atoms with van der Waals surface area (Å²) in [4.78, 5) is 19.5. The molecule has 1 heterocycles. The number of terminal acetylenes is 1. The van der Waals surface area contributed by atoms with Crippen molar-refractivity contribution >= 4 is 28.6 Å². The second-order valence-corrected chi connectivity index (χ2v) is 5.04. The van der Waals surface area contributed by atoms with E-state index in [0.29, 0.717) is 16.4 Å². The average Bonchev–Trinajstić information content (AvgIpc) is 2.95. The van der Waals surface area contributed by atoms with Crippen LogP contribution < -0.4 is 0 Å². The number of imidazole rings is 1. The molecule has 0 atom stereocenters. The third-order valence-corrected chi connectivity index (χ3v) is 3.34. The number of carbonyl (C=O) groups is 1. The van der Waals surface area contributed by atoms with Gasteiger partial charge in [0.2, 0.25) is 0 Å². The molecule has 0 amide bonds. The van der Waals surface area contributed by atoms with Crippen LogP contribution in [-0.4, -0.2) is 22.5 Å². The Hall–Kier alpha value is -2.77. The predicted octanol–water partition coefficient (Wildman–Crippen LogP) is 3.67. The summed E-state index contributed by atoms with van der Waals surface area (Å²) in [6.45, 7) is -0.0494. The number of hydrogen-bond donors (Lipinski definition) is 1. The highest BCUT2D eigenvalue weighted by Gasteiger charge is 2.10. The molecule has 22 heavy (non-hydrogen) atoms. The number of benzene rings is 2. The molecule has 2 aromatic carbocycles. The van der Waals surface area contributed by atoms with Gasteiger partial charge in [0.25, 0.3) is 0 Å². The third kappa shape index (κ3) is 2.80. The number of carbonyl (C=O) groups excluding carboxylic acids is 1. The summed E-state index contributed by atoms with van der Waals surface area (Å²) in [5.41, 5.74) is 2.84. The first-order valence-corrected chi connectivity index (χ1v) is 6.91. The van der Waals surface area contributed by atoms with E-state index in [1.165, 1.54) is 0 Å². The number of aromatic amines is 1. The van der Waals surface area contributed by atoms with Crippen LogP contribution in [0.2, 0.25) is 5.02 Å². The van der Waals surface area contributed by atoms with Crippen molar-refractivity contribution in [1.29, 1.82) is 0 Å². The van der Waals surface area contributed by atoms with E-state index in [-0.39, 0.29) is 6.61 Å². The molecule has 0 fully saturated rings. The zero-order valence-electron chi connectivity index (χ0n) is 11.5. The van der Waals surface area contributed by atoms with Crippen LogP contribution in [-0.2, 0) is 4.74 Å². The van der Waals surface area contributed by atoms with Crippen molar-refractivity contribution < 1.29 is 9.53 Å². The Kier molecular flexibility index (Phi) is 3.82. The van der Waals surface area contributed by atoms with E-state index in [2.05, 4.69) is 15.9 Å². The summed E-state index contributed by atoms with van der Waals surface area (Å²) in [7, 11) is 0. The molecular formula is C17H11ClN2O2. The third-order valence-electron chi connectivity index (χ3n) is 3.10. The average molecular weight is 311 g/mol. The van der Waals surface area contributed by atoms with Crippen LogP contribution in [0.3, 0.4) is 0 Å². The summed E-state index contributed by atoms with van der Waals surface area (Å²) in [6.07, 6.45) is 5.08. The minimum Gasteiger partial charge on any atom is -0.449 e. The summed E-state index contributed by atoms with van der Waals surface area (Å²) >= 11 is 5.96. The number of halogens is 1. The Morgan fingerprint density at radius 1 is 1.32 bits per heavy atom. The highest BCUT2D eigenvalue weighted by molar-refractivity contribution is 6.31. The molecule has 0 aliphatic rings. The summed E-state index contributed by atoms with van der Waals surface area (Å²) in [5.74, 6) is 2.46. The molecule has 1 N–H and O–H groups in total. The number of nitrogens with one attached hydrogen (secondary N) is 1. The van der Waals surface area contributed by atoms with Crippen molar-refractivity contribution in [3.63, 3.8) is 0 Å². The van der Waals surface area contributed by atoms with Crippen LogP contribution in [0.25, 0.3) is 22.4 Å². The largest absolute Gasteiger partial charge is 0.449 e. The summed E-state index contributed by atoms with van der Waals surface area (Å²) < 4.78 is 4.92. The molecule has 0 saturated carbocycles. The number of ether oxygens (including phenoxy) is 1. The lowest BCUT2D eigenvalue weighted by Gasteiger charge is -2.02. The number of nitrogens with zero attached hydrogens (tertiary/aromatic N) is 1. The maximum absolute atomic E-state index is 11.8. The van der Waals surface area contributed by atoms with Crippen molar-refractivity contribution in [3.05, 3.63) is 53.1 Å². The molecule has 0 saturated heterocycles. The minimum absolute atomic E-state index is 0.0494. The molecule has 1 aromatic heterocycles. The fraction of sp³-hybridized carbons (Fsp3) is 0.0588. The smallest absolute Gasteiger partial charge is 0.339 e. The molecule has 5 heteroatoms. The number of rotatable bonds is 3. The lowest BCUT2D eigenvalue weighted by Crippen LogP contribution is -2.05. The van der Waals surface area contributed by atoms with Gasteiger partial charge >= 0.3 is 5.97 Å². The Balaban J connectivity index is 1.96. The van der Waals surface area contributed by atoms with Gasteiger partial charge in [-0.3, -0.25) is 0 Å². The zero-order chi connectivity index (χ0) is 15.5. The Bertz CT molecular complexity index is 893. The van der Waals surface area contributed by atoms with Gasteiger partial charge in [-0.15, -0.1) is 6.42 Å². The monoisotopic (exact) mass is 310 g/mol. The normalized spacial score (nSPS) is 10.4. The van der Waals surface area contributed by atoms with E-state index in [1.54, 1.807) is 30.3 Å². The number of aromatic nitrogens is 2. The van der Waals surface area contributed by atoms with Crippen LogP contribution in [0.5, 0.6) is 0 Å². The molecule has 0 unspecified atom stereocenters. The number of fused-ring (bicyclic) bond motifs is 1. The molecule has 0 spiro atoms. The van der Waals surface area contributed by atoms with Crippen LogP contribution in [0.1, 0.15) is 10.4 Å². The first-order chi connectivity index (χ1) is 10.7. The summed E-state index contributed by atoms with van der Waals surface area (Å²) in [6, 6.07) is 12.4. The van der Waals surface area contributed by atoms with Gasteiger partial charge in [-0.25, -0.2) is 9.78 Å². The van der Waals surface area contributed by atoms with E-state index in [1.807, 2.05) is 12.1 Å². The van der Waals surface area contributed by atoms with E-state index in [4.69, 9.17) is 22.8 Å². The molecule has 4 nitrogen and oxygen atoms in total. The highest BCUT2D eigenvalue weighted by atomic mass is 35.5. The Morgan fingerprint density at radius 2 is 2.18 bits per heavy atom. The molecule has 3 rings (SSSR count). The van der Waals surface area contributed by atoms with Crippen molar-refractivity contribution in [2.75, 3.05) is 6.61 Å². The quantitative estimate of drug-likeness (QED) is 0.593. The minimum atomic E-state index is -0.459. The molecular weight excluding hydrogens is 300 g/mol. The highest BCUT2D eigenvalue weighted by Crippen LogP contribution is 2.23. The molecule has 0 radical (unpaired) electrons. The molecule has 3 aromatic rings. The van der Waals surface area contributed by atoms with Crippen molar-refractivity contribution in [3.8, 4) is 23.7 Å². The van der Waals surface area contributed by atoms with Gasteiger partial charge in [-0.1, -0.05) is 29.7 Å². The lowest BCUT2D eigenvalue weighted by molar-refractivity contribution is 0.0557. The fourth-order valence-electron chi connectivity index (χ4n) is 2.10. The second-order valence-electron chi connectivity index (χ2n) is 4.61. The standard InChI is InChI=1S/C17H11ClN2O2/c1-2-8-22-17(21)12-5-3-4-11(9-12)16-19-14-7-6-13(18)10-15(14)20-16/h1,3-7,9-10H,8H2,(H,19,20). The van der Waals surface area contributed by atoms with Gasteiger partial charge < -0.3 is 9.72 Å². The maximum atomic E-state index is 11.8. The number of esters is 1. The van der Waals surface area contributed by atoms with Gasteiger partial charge in [-0.05, 0) is 30.3 Å². The van der Waals surface area contributed by atoms with Crippen LogP contribution >= 0.6 is 11.6 Å².